The second-order valence-electron chi connectivity index (χ2n) is 3.77. The molecular weight excluding hydrogens is 126 g/mol. The fraction of sp³-hybridized carbons (Fsp3) is 1.00. The maximum absolute atomic E-state index is 5.04. The van der Waals surface area contributed by atoms with E-state index in [0.29, 0.717) is 0 Å². The van der Waals surface area contributed by atoms with Gasteiger partial charge in [0.25, 0.3) is 0 Å². The van der Waals surface area contributed by atoms with Crippen LogP contribution in [0.2, 0.25) is 0 Å². The van der Waals surface area contributed by atoms with Crippen molar-refractivity contribution in [2.45, 2.75) is 25.7 Å². The van der Waals surface area contributed by atoms with Gasteiger partial charge in [-0.25, -0.2) is 5.90 Å². The van der Waals surface area contributed by atoms with Gasteiger partial charge in [-0.05, 0) is 37.0 Å². The van der Waals surface area contributed by atoms with Crippen LogP contribution in [0, 0.1) is 17.8 Å². The summed E-state index contributed by atoms with van der Waals surface area (Å²) in [7, 11) is 0. The fourth-order valence-electron chi connectivity index (χ4n) is 2.70. The van der Waals surface area contributed by atoms with E-state index >= 15 is 0 Å². The molecule has 0 aliphatic heterocycles. The molecule has 0 heterocycles. The van der Waals surface area contributed by atoms with E-state index in [9.17, 15) is 0 Å². The Morgan fingerprint density at radius 2 is 2.20 bits per heavy atom. The van der Waals surface area contributed by atoms with E-state index in [4.69, 9.17) is 5.90 Å². The van der Waals surface area contributed by atoms with Gasteiger partial charge in [-0.2, -0.15) is 0 Å². The molecule has 0 spiro atoms. The largest absolute Gasteiger partial charge is 0.304 e. The molecule has 2 heteroatoms. The Morgan fingerprint density at radius 1 is 1.30 bits per heavy atom. The van der Waals surface area contributed by atoms with Crippen LogP contribution in [0.4, 0.5) is 0 Å². The molecule has 0 aromatic carbocycles. The molecule has 3 atom stereocenters. The topological polar surface area (TPSA) is 35.2 Å². The molecule has 0 saturated heterocycles. The van der Waals surface area contributed by atoms with Crippen molar-refractivity contribution in [2.24, 2.45) is 23.7 Å². The van der Waals surface area contributed by atoms with Crippen LogP contribution in [-0.4, -0.2) is 6.61 Å². The minimum Gasteiger partial charge on any atom is -0.304 e. The Labute approximate surface area is 61.7 Å². The van der Waals surface area contributed by atoms with Crippen molar-refractivity contribution in [3.8, 4) is 0 Å². The summed E-state index contributed by atoms with van der Waals surface area (Å²) < 4.78 is 0. The van der Waals surface area contributed by atoms with E-state index in [-0.39, 0.29) is 0 Å². The standard InChI is InChI=1S/C8H15NO/c9-10-5-8-4-6-1-2-7(8)3-6/h6-8H,1-5,9H2/t6-,7+,8?/m1/s1. The first kappa shape index (κ1) is 6.62. The predicted molar refractivity (Wildman–Crippen MR) is 39.1 cm³/mol. The number of rotatable bonds is 2. The van der Waals surface area contributed by atoms with Crippen LogP contribution >= 0.6 is 0 Å². The monoisotopic (exact) mass is 141 g/mol. The molecule has 2 bridgehead atoms. The predicted octanol–water partition coefficient (Wildman–Crippen LogP) is 1.31. The minimum atomic E-state index is 0.793. The lowest BCUT2D eigenvalue weighted by Crippen LogP contribution is -2.18. The third kappa shape index (κ3) is 0.956. The Kier molecular flexibility index (Phi) is 1.66. The van der Waals surface area contributed by atoms with Gasteiger partial charge in [0.05, 0.1) is 6.61 Å². The van der Waals surface area contributed by atoms with Crippen LogP contribution < -0.4 is 5.90 Å². The molecule has 10 heavy (non-hydrogen) atoms. The van der Waals surface area contributed by atoms with Gasteiger partial charge in [0.15, 0.2) is 0 Å². The summed E-state index contributed by atoms with van der Waals surface area (Å²) in [5.41, 5.74) is 0. The molecule has 2 N–H and O–H groups in total. The Morgan fingerprint density at radius 3 is 2.70 bits per heavy atom. The first-order valence-corrected chi connectivity index (χ1v) is 4.22. The van der Waals surface area contributed by atoms with Crippen molar-refractivity contribution in [2.75, 3.05) is 6.61 Å². The van der Waals surface area contributed by atoms with E-state index in [2.05, 4.69) is 4.84 Å². The molecule has 0 amide bonds. The summed E-state index contributed by atoms with van der Waals surface area (Å²) in [6, 6.07) is 0. The number of hydrogen-bond acceptors (Lipinski definition) is 2. The van der Waals surface area contributed by atoms with Gasteiger partial charge in [-0.1, -0.05) is 6.42 Å². The quantitative estimate of drug-likeness (QED) is 0.588. The third-order valence-electron chi connectivity index (χ3n) is 3.19. The number of hydrogen-bond donors (Lipinski definition) is 1. The Balaban J connectivity index is 1.90. The summed E-state index contributed by atoms with van der Waals surface area (Å²) in [6.07, 6.45) is 5.72. The first-order chi connectivity index (χ1) is 4.90. The smallest absolute Gasteiger partial charge is 0.0710 e. The summed E-state index contributed by atoms with van der Waals surface area (Å²) in [5.74, 6) is 7.81. The zero-order valence-corrected chi connectivity index (χ0v) is 6.25. The molecular formula is C8H15NO. The van der Waals surface area contributed by atoms with Gasteiger partial charge in [-0.15, -0.1) is 0 Å². The van der Waals surface area contributed by atoms with E-state index in [1.54, 1.807) is 0 Å². The summed E-state index contributed by atoms with van der Waals surface area (Å²) in [6.45, 7) is 0.793. The van der Waals surface area contributed by atoms with Crippen LogP contribution in [-0.2, 0) is 4.84 Å². The SMILES string of the molecule is NOCC1C[C@@H]2CC[C@H]1C2. The number of fused-ring (bicyclic) bond motifs is 2. The van der Waals surface area contributed by atoms with E-state index in [1.165, 1.54) is 25.7 Å². The molecule has 0 radical (unpaired) electrons. The van der Waals surface area contributed by atoms with E-state index in [0.717, 1.165) is 24.4 Å². The lowest BCUT2D eigenvalue weighted by atomic mass is 9.90. The minimum absolute atomic E-state index is 0.793. The molecule has 58 valence electrons. The van der Waals surface area contributed by atoms with E-state index < -0.39 is 0 Å². The van der Waals surface area contributed by atoms with Gasteiger partial charge in [-0.3, -0.25) is 0 Å². The highest BCUT2D eigenvalue weighted by molar-refractivity contribution is 4.89. The maximum Gasteiger partial charge on any atom is 0.0710 e. The normalized spacial score (nSPS) is 44.7. The molecule has 2 rings (SSSR count). The second kappa shape index (κ2) is 2.51. The average molecular weight is 141 g/mol. The van der Waals surface area contributed by atoms with Gasteiger partial charge in [0.1, 0.15) is 0 Å². The fourth-order valence-corrected chi connectivity index (χ4v) is 2.70. The van der Waals surface area contributed by atoms with Crippen molar-refractivity contribution < 1.29 is 4.84 Å². The van der Waals surface area contributed by atoms with Crippen LogP contribution in [0.15, 0.2) is 0 Å². The first-order valence-electron chi connectivity index (χ1n) is 4.22. The highest BCUT2D eigenvalue weighted by Gasteiger charge is 2.39. The highest BCUT2D eigenvalue weighted by Crippen LogP contribution is 2.48. The molecule has 2 aliphatic rings. The third-order valence-corrected chi connectivity index (χ3v) is 3.19. The van der Waals surface area contributed by atoms with Gasteiger partial charge in [0, 0.05) is 0 Å². The van der Waals surface area contributed by atoms with Crippen molar-refractivity contribution in [3.63, 3.8) is 0 Å². The second-order valence-corrected chi connectivity index (χ2v) is 3.77. The molecule has 2 aliphatic carbocycles. The molecule has 0 aromatic rings. The molecule has 2 nitrogen and oxygen atoms in total. The van der Waals surface area contributed by atoms with Crippen LogP contribution in [0.3, 0.4) is 0 Å². The van der Waals surface area contributed by atoms with Gasteiger partial charge >= 0.3 is 0 Å². The summed E-state index contributed by atoms with van der Waals surface area (Å²) in [5, 5.41) is 0. The lowest BCUT2D eigenvalue weighted by molar-refractivity contribution is 0.0796. The maximum atomic E-state index is 5.04. The summed E-state index contributed by atoms with van der Waals surface area (Å²) in [4.78, 5) is 4.68. The lowest BCUT2D eigenvalue weighted by Gasteiger charge is -2.19. The van der Waals surface area contributed by atoms with Crippen LogP contribution in [0.25, 0.3) is 0 Å². The Bertz CT molecular complexity index is 126. The molecule has 2 saturated carbocycles. The zero-order valence-electron chi connectivity index (χ0n) is 6.25. The Hall–Kier alpha value is -0.0800. The average Bonchev–Trinajstić information content (AvgIpc) is 2.48. The summed E-state index contributed by atoms with van der Waals surface area (Å²) >= 11 is 0. The van der Waals surface area contributed by atoms with Crippen molar-refractivity contribution in [3.05, 3.63) is 0 Å². The van der Waals surface area contributed by atoms with Crippen LogP contribution in [0.1, 0.15) is 25.7 Å². The molecule has 2 fully saturated rings. The van der Waals surface area contributed by atoms with Crippen molar-refractivity contribution in [1.82, 2.24) is 0 Å². The molecule has 0 aromatic heterocycles. The van der Waals surface area contributed by atoms with Gasteiger partial charge in [0.2, 0.25) is 0 Å². The zero-order chi connectivity index (χ0) is 6.97. The van der Waals surface area contributed by atoms with E-state index in [1.807, 2.05) is 0 Å². The highest BCUT2D eigenvalue weighted by atomic mass is 16.6. The van der Waals surface area contributed by atoms with Crippen LogP contribution in [0.5, 0.6) is 0 Å². The van der Waals surface area contributed by atoms with Crippen molar-refractivity contribution in [1.29, 1.82) is 0 Å². The molecule has 1 unspecified atom stereocenters. The van der Waals surface area contributed by atoms with Crippen molar-refractivity contribution >= 4 is 0 Å². The number of nitrogens with two attached hydrogens (primary N) is 1. The van der Waals surface area contributed by atoms with Gasteiger partial charge < -0.3 is 4.84 Å².